The van der Waals surface area contributed by atoms with Crippen molar-refractivity contribution in [2.75, 3.05) is 13.2 Å². The van der Waals surface area contributed by atoms with Gasteiger partial charge in [-0.05, 0) is 44.5 Å². The zero-order valence-corrected chi connectivity index (χ0v) is 11.2. The van der Waals surface area contributed by atoms with Gasteiger partial charge in [0.15, 0.2) is 0 Å². The molecule has 0 saturated carbocycles. The molecule has 1 rings (SSSR count). The Morgan fingerprint density at radius 1 is 1.33 bits per heavy atom. The summed E-state index contributed by atoms with van der Waals surface area (Å²) in [5.41, 5.74) is -0.0908. The Bertz CT molecular complexity index is 389. The Hall–Kier alpha value is -1.55. The van der Waals surface area contributed by atoms with Crippen LogP contribution < -0.4 is 5.32 Å². The molecule has 0 bridgehead atoms. The van der Waals surface area contributed by atoms with Crippen LogP contribution in [0.5, 0.6) is 5.75 Å². The fraction of sp³-hybridized carbons (Fsp3) is 0.500. The average Bonchev–Trinajstić information content (AvgIpc) is 2.37. The summed E-state index contributed by atoms with van der Waals surface area (Å²) in [4.78, 5) is 12.1. The fourth-order valence-electron chi connectivity index (χ4n) is 1.74. The van der Waals surface area contributed by atoms with E-state index in [2.05, 4.69) is 5.32 Å². The zero-order valence-electron chi connectivity index (χ0n) is 11.2. The molecule has 100 valence electrons. The molecular formula is C14H21NO3. The van der Waals surface area contributed by atoms with Gasteiger partial charge in [-0.1, -0.05) is 19.1 Å². The number of ether oxygens (including phenoxy) is 1. The molecule has 0 aliphatic heterocycles. The van der Waals surface area contributed by atoms with E-state index < -0.39 is 5.54 Å². The first-order valence-corrected chi connectivity index (χ1v) is 6.26. The summed E-state index contributed by atoms with van der Waals surface area (Å²) < 4.78 is 5.12. The number of esters is 1. The number of hydrogen-bond donors (Lipinski definition) is 2. The molecule has 0 heterocycles. The van der Waals surface area contributed by atoms with E-state index in [0.29, 0.717) is 6.61 Å². The lowest BCUT2D eigenvalue weighted by Crippen LogP contribution is -2.48. The van der Waals surface area contributed by atoms with E-state index in [1.807, 2.05) is 6.92 Å². The van der Waals surface area contributed by atoms with Crippen LogP contribution in [0.15, 0.2) is 24.3 Å². The summed E-state index contributed by atoms with van der Waals surface area (Å²) in [6.45, 7) is 6.69. The Kier molecular flexibility index (Phi) is 5.16. The molecule has 1 atom stereocenters. The third-order valence-corrected chi connectivity index (χ3v) is 2.86. The summed E-state index contributed by atoms with van der Waals surface area (Å²) >= 11 is 0. The van der Waals surface area contributed by atoms with Crippen LogP contribution >= 0.6 is 0 Å². The monoisotopic (exact) mass is 251 g/mol. The summed E-state index contributed by atoms with van der Waals surface area (Å²) in [6, 6.07) is 6.60. The molecule has 2 N–H and O–H groups in total. The molecule has 0 fully saturated rings. The third-order valence-electron chi connectivity index (χ3n) is 2.86. The molecule has 4 nitrogen and oxygen atoms in total. The zero-order chi connectivity index (χ0) is 13.6. The van der Waals surface area contributed by atoms with E-state index in [1.54, 1.807) is 38.1 Å². The van der Waals surface area contributed by atoms with Crippen molar-refractivity contribution in [2.24, 2.45) is 0 Å². The van der Waals surface area contributed by atoms with Crippen LogP contribution in [0.25, 0.3) is 0 Å². The van der Waals surface area contributed by atoms with Gasteiger partial charge in [0.2, 0.25) is 0 Å². The van der Waals surface area contributed by atoms with E-state index in [0.717, 1.165) is 18.5 Å². The average molecular weight is 251 g/mol. The van der Waals surface area contributed by atoms with Crippen LogP contribution in [-0.4, -0.2) is 24.2 Å². The summed E-state index contributed by atoms with van der Waals surface area (Å²) in [5, 5.41) is 12.5. The van der Waals surface area contributed by atoms with Crippen molar-refractivity contribution in [2.45, 2.75) is 32.7 Å². The SMILES string of the molecule is CCCNC(C)(C(=O)OCC)c1ccc(O)cc1. The second kappa shape index (κ2) is 6.40. The smallest absolute Gasteiger partial charge is 0.330 e. The van der Waals surface area contributed by atoms with Gasteiger partial charge in [-0.3, -0.25) is 5.32 Å². The summed E-state index contributed by atoms with van der Waals surface area (Å²) in [7, 11) is 0. The molecule has 0 amide bonds. The van der Waals surface area contributed by atoms with Gasteiger partial charge in [-0.25, -0.2) is 4.79 Å². The number of aromatic hydroxyl groups is 1. The predicted molar refractivity (Wildman–Crippen MR) is 70.4 cm³/mol. The number of carbonyl (C=O) groups is 1. The van der Waals surface area contributed by atoms with Gasteiger partial charge >= 0.3 is 5.97 Å². The van der Waals surface area contributed by atoms with Crippen molar-refractivity contribution in [1.29, 1.82) is 0 Å². The quantitative estimate of drug-likeness (QED) is 0.761. The normalized spacial score (nSPS) is 13.9. The first-order chi connectivity index (χ1) is 8.54. The molecule has 0 aromatic heterocycles. The van der Waals surface area contributed by atoms with Gasteiger partial charge in [0.1, 0.15) is 11.3 Å². The van der Waals surface area contributed by atoms with Crippen molar-refractivity contribution < 1.29 is 14.6 Å². The lowest BCUT2D eigenvalue weighted by molar-refractivity contribution is -0.151. The lowest BCUT2D eigenvalue weighted by Gasteiger charge is -2.29. The largest absolute Gasteiger partial charge is 0.508 e. The highest BCUT2D eigenvalue weighted by atomic mass is 16.5. The van der Waals surface area contributed by atoms with Crippen LogP contribution in [0, 0.1) is 0 Å². The van der Waals surface area contributed by atoms with Crippen molar-refractivity contribution in [1.82, 2.24) is 5.32 Å². The minimum Gasteiger partial charge on any atom is -0.508 e. The van der Waals surface area contributed by atoms with E-state index >= 15 is 0 Å². The molecule has 4 heteroatoms. The molecule has 0 saturated heterocycles. The van der Waals surface area contributed by atoms with Gasteiger partial charge in [-0.2, -0.15) is 0 Å². The van der Waals surface area contributed by atoms with E-state index in [9.17, 15) is 9.90 Å². The van der Waals surface area contributed by atoms with Crippen LogP contribution in [0.4, 0.5) is 0 Å². The van der Waals surface area contributed by atoms with Crippen molar-refractivity contribution in [3.8, 4) is 5.75 Å². The maximum Gasteiger partial charge on any atom is 0.330 e. The lowest BCUT2D eigenvalue weighted by atomic mass is 9.91. The van der Waals surface area contributed by atoms with E-state index in [4.69, 9.17) is 4.74 Å². The highest BCUT2D eigenvalue weighted by molar-refractivity contribution is 5.82. The number of carbonyl (C=O) groups excluding carboxylic acids is 1. The molecule has 0 aliphatic rings. The number of phenols is 1. The highest BCUT2D eigenvalue weighted by Crippen LogP contribution is 2.24. The number of nitrogens with one attached hydrogen (secondary N) is 1. The molecular weight excluding hydrogens is 230 g/mol. The first-order valence-electron chi connectivity index (χ1n) is 6.26. The second-order valence-electron chi connectivity index (χ2n) is 4.32. The fourth-order valence-corrected chi connectivity index (χ4v) is 1.74. The van der Waals surface area contributed by atoms with Crippen LogP contribution in [0.1, 0.15) is 32.8 Å². The van der Waals surface area contributed by atoms with Crippen molar-refractivity contribution in [3.05, 3.63) is 29.8 Å². The predicted octanol–water partition coefficient (Wildman–Crippen LogP) is 2.17. The maximum absolute atomic E-state index is 12.1. The highest BCUT2D eigenvalue weighted by Gasteiger charge is 2.35. The van der Waals surface area contributed by atoms with Gasteiger partial charge < -0.3 is 9.84 Å². The Morgan fingerprint density at radius 3 is 2.44 bits per heavy atom. The van der Waals surface area contributed by atoms with Gasteiger partial charge in [0, 0.05) is 0 Å². The standard InChI is InChI=1S/C14H21NO3/c1-4-10-15-14(3,13(17)18-5-2)11-6-8-12(16)9-7-11/h6-9,15-16H,4-5,10H2,1-3H3. The third kappa shape index (κ3) is 3.23. The molecule has 0 radical (unpaired) electrons. The minimum atomic E-state index is -0.875. The van der Waals surface area contributed by atoms with Gasteiger partial charge in [0.05, 0.1) is 6.61 Å². The first kappa shape index (κ1) is 14.5. The van der Waals surface area contributed by atoms with Crippen LogP contribution in [-0.2, 0) is 15.1 Å². The molecule has 1 aromatic rings. The number of rotatable bonds is 6. The van der Waals surface area contributed by atoms with Crippen LogP contribution in [0.3, 0.4) is 0 Å². The minimum absolute atomic E-state index is 0.181. The molecule has 1 unspecified atom stereocenters. The molecule has 0 aliphatic carbocycles. The Balaban J connectivity index is 3.02. The van der Waals surface area contributed by atoms with E-state index in [1.165, 1.54) is 0 Å². The van der Waals surface area contributed by atoms with Gasteiger partial charge in [-0.15, -0.1) is 0 Å². The topological polar surface area (TPSA) is 58.6 Å². The van der Waals surface area contributed by atoms with Crippen molar-refractivity contribution >= 4 is 5.97 Å². The van der Waals surface area contributed by atoms with Gasteiger partial charge in [0.25, 0.3) is 0 Å². The number of benzene rings is 1. The molecule has 0 spiro atoms. The number of phenolic OH excluding ortho intramolecular Hbond substituents is 1. The molecule has 18 heavy (non-hydrogen) atoms. The Morgan fingerprint density at radius 2 is 1.94 bits per heavy atom. The van der Waals surface area contributed by atoms with Crippen molar-refractivity contribution in [3.63, 3.8) is 0 Å². The van der Waals surface area contributed by atoms with E-state index in [-0.39, 0.29) is 11.7 Å². The molecule has 1 aromatic carbocycles. The maximum atomic E-state index is 12.1. The second-order valence-corrected chi connectivity index (χ2v) is 4.32. The summed E-state index contributed by atoms with van der Waals surface area (Å²) in [6.07, 6.45) is 0.924. The van der Waals surface area contributed by atoms with Crippen LogP contribution in [0.2, 0.25) is 0 Å². The number of hydrogen-bond acceptors (Lipinski definition) is 4. The Labute approximate surface area is 108 Å². The summed E-state index contributed by atoms with van der Waals surface area (Å²) in [5.74, 6) is -0.121.